The number of hydrogen-bond donors (Lipinski definition) is 1. The second-order valence-electron chi connectivity index (χ2n) is 6.18. The minimum atomic E-state index is -0.134. The molecule has 1 aliphatic rings. The Balaban J connectivity index is 1.64. The van der Waals surface area contributed by atoms with Gasteiger partial charge in [0, 0.05) is 26.2 Å². The molecule has 1 fully saturated rings. The number of carbonyl (C=O) groups excluding carboxylic acids is 1. The van der Waals surface area contributed by atoms with Gasteiger partial charge in [0.05, 0.1) is 28.5 Å². The van der Waals surface area contributed by atoms with Crippen LogP contribution in [0.5, 0.6) is 5.75 Å². The van der Waals surface area contributed by atoms with Gasteiger partial charge in [-0.25, -0.2) is 4.79 Å². The van der Waals surface area contributed by atoms with Gasteiger partial charge in [0.15, 0.2) is 0 Å². The number of nitrogens with zero attached hydrogens (tertiary/aromatic N) is 2. The number of benzene rings is 2. The summed E-state index contributed by atoms with van der Waals surface area (Å²) in [7, 11) is 1.59. The summed E-state index contributed by atoms with van der Waals surface area (Å²) in [6, 6.07) is 11.2. The highest BCUT2D eigenvalue weighted by molar-refractivity contribution is 6.43. The molecule has 3 rings (SSSR count). The molecule has 1 saturated heterocycles. The molecule has 2 amide bonds. The fourth-order valence-corrected chi connectivity index (χ4v) is 3.42. The Labute approximate surface area is 163 Å². The second kappa shape index (κ2) is 8.06. The molecule has 0 saturated carbocycles. The number of amides is 2. The zero-order valence-electron chi connectivity index (χ0n) is 14.8. The Morgan fingerprint density at radius 1 is 1.12 bits per heavy atom. The Kier molecular flexibility index (Phi) is 5.79. The van der Waals surface area contributed by atoms with Crippen LogP contribution in [0.4, 0.5) is 16.2 Å². The van der Waals surface area contributed by atoms with E-state index >= 15 is 0 Å². The van der Waals surface area contributed by atoms with E-state index in [4.69, 9.17) is 27.9 Å². The van der Waals surface area contributed by atoms with Crippen LogP contribution in [0.15, 0.2) is 36.4 Å². The van der Waals surface area contributed by atoms with Gasteiger partial charge in [0.1, 0.15) is 5.75 Å². The Morgan fingerprint density at radius 3 is 2.54 bits per heavy atom. The van der Waals surface area contributed by atoms with Gasteiger partial charge in [0.2, 0.25) is 0 Å². The number of halogens is 2. The smallest absolute Gasteiger partial charge is 0.322 e. The number of carbonyl (C=O) groups is 1. The van der Waals surface area contributed by atoms with Crippen molar-refractivity contribution < 1.29 is 9.53 Å². The SMILES string of the molecule is COc1ccc(C)cc1NC(=O)N1CCN(c2cccc(Cl)c2Cl)CC1. The van der Waals surface area contributed by atoms with Crippen LogP contribution in [0.25, 0.3) is 0 Å². The Hall–Kier alpha value is -2.11. The first-order chi connectivity index (χ1) is 12.5. The number of methoxy groups -OCH3 is 1. The molecule has 0 radical (unpaired) electrons. The monoisotopic (exact) mass is 393 g/mol. The molecule has 0 unspecified atom stereocenters. The third-order valence-corrected chi connectivity index (χ3v) is 5.24. The molecule has 2 aromatic carbocycles. The molecule has 1 heterocycles. The first kappa shape index (κ1) is 18.7. The summed E-state index contributed by atoms with van der Waals surface area (Å²) in [5.41, 5.74) is 2.64. The highest BCUT2D eigenvalue weighted by Crippen LogP contribution is 2.33. The second-order valence-corrected chi connectivity index (χ2v) is 6.97. The minimum absolute atomic E-state index is 0.134. The van der Waals surface area contributed by atoms with E-state index in [1.165, 1.54) is 0 Å². The van der Waals surface area contributed by atoms with Crippen LogP contribution >= 0.6 is 23.2 Å². The largest absolute Gasteiger partial charge is 0.495 e. The van der Waals surface area contributed by atoms with Gasteiger partial charge in [-0.15, -0.1) is 0 Å². The minimum Gasteiger partial charge on any atom is -0.495 e. The maximum atomic E-state index is 12.6. The Bertz CT molecular complexity index is 805. The van der Waals surface area contributed by atoms with E-state index < -0.39 is 0 Å². The van der Waals surface area contributed by atoms with E-state index in [-0.39, 0.29) is 6.03 Å². The topological polar surface area (TPSA) is 44.8 Å². The van der Waals surface area contributed by atoms with Gasteiger partial charge in [-0.2, -0.15) is 0 Å². The van der Waals surface area contributed by atoms with Gasteiger partial charge < -0.3 is 19.9 Å². The molecule has 1 aliphatic heterocycles. The fraction of sp³-hybridized carbons (Fsp3) is 0.316. The molecule has 0 bridgehead atoms. The van der Waals surface area contributed by atoms with Gasteiger partial charge >= 0.3 is 6.03 Å². The van der Waals surface area contributed by atoms with Crippen LogP contribution in [0, 0.1) is 6.92 Å². The number of hydrogen-bond acceptors (Lipinski definition) is 3. The van der Waals surface area contributed by atoms with Crippen LogP contribution in [0.2, 0.25) is 10.0 Å². The summed E-state index contributed by atoms with van der Waals surface area (Å²) in [5.74, 6) is 0.647. The molecule has 2 aromatic rings. The molecular weight excluding hydrogens is 373 g/mol. The van der Waals surface area contributed by atoms with Crippen molar-refractivity contribution in [1.82, 2.24) is 4.90 Å². The normalized spacial score (nSPS) is 14.3. The van der Waals surface area contributed by atoms with Crippen molar-refractivity contribution in [2.75, 3.05) is 43.5 Å². The van der Waals surface area contributed by atoms with E-state index in [2.05, 4.69) is 10.2 Å². The lowest BCUT2D eigenvalue weighted by Crippen LogP contribution is -2.50. The molecule has 0 aliphatic carbocycles. The highest BCUT2D eigenvalue weighted by atomic mass is 35.5. The van der Waals surface area contributed by atoms with Crippen molar-refractivity contribution in [3.05, 3.63) is 52.0 Å². The number of aryl methyl sites for hydroxylation is 1. The van der Waals surface area contributed by atoms with Crippen molar-refractivity contribution in [3.8, 4) is 5.75 Å². The van der Waals surface area contributed by atoms with E-state index in [1.807, 2.05) is 37.3 Å². The quantitative estimate of drug-likeness (QED) is 0.823. The van der Waals surface area contributed by atoms with Crippen LogP contribution in [0.1, 0.15) is 5.56 Å². The highest BCUT2D eigenvalue weighted by Gasteiger charge is 2.23. The first-order valence-electron chi connectivity index (χ1n) is 8.39. The van der Waals surface area contributed by atoms with E-state index in [0.717, 1.165) is 11.3 Å². The molecule has 1 N–H and O–H groups in total. The summed E-state index contributed by atoms with van der Waals surface area (Å²) in [4.78, 5) is 16.5. The van der Waals surface area contributed by atoms with E-state index in [0.29, 0.717) is 47.7 Å². The molecule has 26 heavy (non-hydrogen) atoms. The number of urea groups is 1. The standard InChI is InChI=1S/C19H21Cl2N3O2/c1-13-6-7-17(26-2)15(12-13)22-19(25)24-10-8-23(9-11-24)16-5-3-4-14(20)18(16)21/h3-7,12H,8-11H2,1-2H3,(H,22,25). The average molecular weight is 394 g/mol. The van der Waals surface area contributed by atoms with E-state index in [9.17, 15) is 4.79 Å². The van der Waals surface area contributed by atoms with Crippen LogP contribution in [0.3, 0.4) is 0 Å². The molecule has 138 valence electrons. The lowest BCUT2D eigenvalue weighted by molar-refractivity contribution is 0.208. The summed E-state index contributed by atoms with van der Waals surface area (Å²) >= 11 is 12.4. The zero-order chi connectivity index (χ0) is 18.7. The average Bonchev–Trinajstić information content (AvgIpc) is 2.64. The molecule has 5 nitrogen and oxygen atoms in total. The van der Waals surface area contributed by atoms with Gasteiger partial charge in [0.25, 0.3) is 0 Å². The van der Waals surface area contributed by atoms with Crippen LogP contribution in [-0.4, -0.2) is 44.2 Å². The number of rotatable bonds is 3. The number of piperazine rings is 1. The van der Waals surface area contributed by atoms with Crippen molar-refractivity contribution >= 4 is 40.6 Å². The van der Waals surface area contributed by atoms with Crippen molar-refractivity contribution in [1.29, 1.82) is 0 Å². The predicted molar refractivity (Wildman–Crippen MR) is 107 cm³/mol. The van der Waals surface area contributed by atoms with Gasteiger partial charge in [-0.05, 0) is 36.8 Å². The molecule has 7 heteroatoms. The molecule has 0 spiro atoms. The third kappa shape index (κ3) is 4.00. The van der Waals surface area contributed by atoms with Gasteiger partial charge in [-0.1, -0.05) is 35.3 Å². The van der Waals surface area contributed by atoms with Crippen molar-refractivity contribution in [3.63, 3.8) is 0 Å². The summed E-state index contributed by atoms with van der Waals surface area (Å²) < 4.78 is 5.32. The summed E-state index contributed by atoms with van der Waals surface area (Å²) in [5, 5.41) is 4.03. The number of anilines is 2. The zero-order valence-corrected chi connectivity index (χ0v) is 16.3. The lowest BCUT2D eigenvalue weighted by Gasteiger charge is -2.36. The fourth-order valence-electron chi connectivity index (χ4n) is 3.00. The maximum Gasteiger partial charge on any atom is 0.322 e. The molecule has 0 aromatic heterocycles. The number of ether oxygens (including phenoxy) is 1. The van der Waals surface area contributed by atoms with Crippen molar-refractivity contribution in [2.45, 2.75) is 6.92 Å². The van der Waals surface area contributed by atoms with Crippen molar-refractivity contribution in [2.24, 2.45) is 0 Å². The molecular formula is C19H21Cl2N3O2. The van der Waals surface area contributed by atoms with Crippen LogP contribution < -0.4 is 15.0 Å². The van der Waals surface area contributed by atoms with E-state index in [1.54, 1.807) is 18.1 Å². The summed E-state index contributed by atoms with van der Waals surface area (Å²) in [6.45, 7) is 4.56. The lowest BCUT2D eigenvalue weighted by atomic mass is 10.2. The molecule has 0 atom stereocenters. The maximum absolute atomic E-state index is 12.6. The first-order valence-corrected chi connectivity index (χ1v) is 9.14. The Morgan fingerprint density at radius 2 is 1.85 bits per heavy atom. The van der Waals surface area contributed by atoms with Gasteiger partial charge in [-0.3, -0.25) is 0 Å². The predicted octanol–water partition coefficient (Wildman–Crippen LogP) is 4.66. The van der Waals surface area contributed by atoms with Crippen LogP contribution in [-0.2, 0) is 0 Å². The summed E-state index contributed by atoms with van der Waals surface area (Å²) in [6.07, 6.45) is 0. The number of nitrogens with one attached hydrogen (secondary N) is 1. The third-order valence-electron chi connectivity index (χ3n) is 4.44.